The zero-order valence-electron chi connectivity index (χ0n) is 11.6. The highest BCUT2D eigenvalue weighted by atomic mass is 35.5. The molecule has 0 spiro atoms. The summed E-state index contributed by atoms with van der Waals surface area (Å²) in [5, 5.41) is 11.4. The normalized spacial score (nSPS) is 10.8. The quantitative estimate of drug-likeness (QED) is 0.433. The molecule has 1 aromatic rings. The van der Waals surface area contributed by atoms with Crippen molar-refractivity contribution in [3.63, 3.8) is 0 Å². The second-order valence-corrected chi connectivity index (χ2v) is 4.84. The third kappa shape index (κ3) is 4.06. The average molecular weight is 286 g/mol. The van der Waals surface area contributed by atoms with Crippen molar-refractivity contribution in [2.45, 2.75) is 33.6 Å². The molecule has 0 aliphatic carbocycles. The highest BCUT2D eigenvalue weighted by Crippen LogP contribution is 2.28. The molecule has 6 heteroatoms. The van der Waals surface area contributed by atoms with Crippen molar-refractivity contribution in [2.75, 3.05) is 18.0 Å². The van der Waals surface area contributed by atoms with E-state index in [1.54, 1.807) is 0 Å². The standard InChI is InChI=1S/C13H20ClN3O2/c1-4-10(5-2)9-16(6-3)13-11(17(18)19)7-8-12(14)15-13/h7-8,10H,4-6,9H2,1-3H3. The van der Waals surface area contributed by atoms with Gasteiger partial charge in [0.15, 0.2) is 0 Å². The van der Waals surface area contributed by atoms with E-state index >= 15 is 0 Å². The molecule has 0 amide bonds. The number of nitrogens with zero attached hydrogens (tertiary/aromatic N) is 3. The molecule has 19 heavy (non-hydrogen) atoms. The fourth-order valence-corrected chi connectivity index (χ4v) is 2.16. The Kier molecular flexibility index (Phi) is 6.02. The lowest BCUT2D eigenvalue weighted by atomic mass is 10.0. The molecule has 0 radical (unpaired) electrons. The zero-order valence-corrected chi connectivity index (χ0v) is 12.4. The molecule has 1 heterocycles. The van der Waals surface area contributed by atoms with Gasteiger partial charge in [0.05, 0.1) is 4.92 Å². The third-order valence-corrected chi connectivity index (χ3v) is 3.54. The van der Waals surface area contributed by atoms with E-state index in [-0.39, 0.29) is 10.8 Å². The molecule has 0 unspecified atom stereocenters. The first-order valence-corrected chi connectivity index (χ1v) is 6.97. The van der Waals surface area contributed by atoms with Crippen LogP contribution in [0.1, 0.15) is 33.6 Å². The first-order chi connectivity index (χ1) is 9.03. The van der Waals surface area contributed by atoms with Gasteiger partial charge < -0.3 is 4.90 Å². The summed E-state index contributed by atoms with van der Waals surface area (Å²) in [6, 6.07) is 2.87. The van der Waals surface area contributed by atoms with E-state index in [2.05, 4.69) is 18.8 Å². The number of anilines is 1. The number of rotatable bonds is 7. The molecule has 0 N–H and O–H groups in total. The van der Waals surface area contributed by atoms with Crippen molar-refractivity contribution in [1.29, 1.82) is 0 Å². The maximum Gasteiger partial charge on any atom is 0.311 e. The van der Waals surface area contributed by atoms with Crippen LogP contribution in [0.15, 0.2) is 12.1 Å². The summed E-state index contributed by atoms with van der Waals surface area (Å²) >= 11 is 5.87. The maximum atomic E-state index is 11.1. The van der Waals surface area contributed by atoms with Crippen LogP contribution in [0.5, 0.6) is 0 Å². The van der Waals surface area contributed by atoms with Gasteiger partial charge in [-0.2, -0.15) is 0 Å². The Morgan fingerprint density at radius 2 is 2.00 bits per heavy atom. The van der Waals surface area contributed by atoms with E-state index in [1.165, 1.54) is 12.1 Å². The van der Waals surface area contributed by atoms with Crippen molar-refractivity contribution >= 4 is 23.1 Å². The molecule has 0 saturated carbocycles. The molecular weight excluding hydrogens is 266 g/mol. The van der Waals surface area contributed by atoms with E-state index < -0.39 is 4.92 Å². The van der Waals surface area contributed by atoms with E-state index in [0.29, 0.717) is 18.3 Å². The highest BCUT2D eigenvalue weighted by molar-refractivity contribution is 6.29. The van der Waals surface area contributed by atoms with Crippen molar-refractivity contribution in [3.8, 4) is 0 Å². The fraction of sp³-hybridized carbons (Fsp3) is 0.615. The van der Waals surface area contributed by atoms with Crippen LogP contribution in [-0.2, 0) is 0 Å². The monoisotopic (exact) mass is 285 g/mol. The summed E-state index contributed by atoms with van der Waals surface area (Å²) in [6.45, 7) is 7.65. The Hall–Kier alpha value is -1.36. The molecule has 0 fully saturated rings. The Morgan fingerprint density at radius 3 is 2.47 bits per heavy atom. The minimum Gasteiger partial charge on any atom is -0.351 e. The SMILES string of the molecule is CCC(CC)CN(CC)c1nc(Cl)ccc1[N+](=O)[O-]. The second-order valence-electron chi connectivity index (χ2n) is 4.45. The fourth-order valence-electron chi connectivity index (χ4n) is 2.02. The van der Waals surface area contributed by atoms with E-state index in [9.17, 15) is 10.1 Å². The van der Waals surface area contributed by atoms with Gasteiger partial charge >= 0.3 is 5.69 Å². The lowest BCUT2D eigenvalue weighted by molar-refractivity contribution is -0.384. The topological polar surface area (TPSA) is 59.3 Å². The number of aromatic nitrogens is 1. The molecular formula is C13H20ClN3O2. The highest BCUT2D eigenvalue weighted by Gasteiger charge is 2.22. The predicted octanol–water partition coefficient (Wildman–Crippen LogP) is 3.91. The van der Waals surface area contributed by atoms with Gasteiger partial charge in [-0.3, -0.25) is 10.1 Å². The largest absolute Gasteiger partial charge is 0.351 e. The molecule has 0 saturated heterocycles. The first-order valence-electron chi connectivity index (χ1n) is 6.59. The maximum absolute atomic E-state index is 11.1. The van der Waals surface area contributed by atoms with Gasteiger partial charge in [0.1, 0.15) is 5.15 Å². The van der Waals surface area contributed by atoms with E-state index in [4.69, 9.17) is 11.6 Å². The lowest BCUT2D eigenvalue weighted by Gasteiger charge is -2.26. The van der Waals surface area contributed by atoms with E-state index in [0.717, 1.165) is 19.4 Å². The van der Waals surface area contributed by atoms with Crippen LogP contribution < -0.4 is 4.90 Å². The lowest BCUT2D eigenvalue weighted by Crippen LogP contribution is -2.30. The molecule has 0 aliphatic rings. The number of halogens is 1. The Labute approximate surface area is 118 Å². The molecule has 1 rings (SSSR count). The number of hydrogen-bond acceptors (Lipinski definition) is 4. The predicted molar refractivity (Wildman–Crippen MR) is 77.9 cm³/mol. The van der Waals surface area contributed by atoms with Crippen LogP contribution in [0, 0.1) is 16.0 Å². The number of nitro groups is 1. The Morgan fingerprint density at radius 1 is 1.37 bits per heavy atom. The van der Waals surface area contributed by atoms with Gasteiger partial charge in [-0.25, -0.2) is 4.98 Å². The Bertz CT molecular complexity index is 436. The van der Waals surface area contributed by atoms with Crippen LogP contribution in [0.3, 0.4) is 0 Å². The van der Waals surface area contributed by atoms with Crippen LogP contribution >= 0.6 is 11.6 Å². The zero-order chi connectivity index (χ0) is 14.4. The van der Waals surface area contributed by atoms with Crippen molar-refractivity contribution in [1.82, 2.24) is 4.98 Å². The molecule has 1 aromatic heterocycles. The van der Waals surface area contributed by atoms with Gasteiger partial charge in [0.2, 0.25) is 5.82 Å². The summed E-state index contributed by atoms with van der Waals surface area (Å²) in [4.78, 5) is 16.7. The molecule has 106 valence electrons. The summed E-state index contributed by atoms with van der Waals surface area (Å²) in [5.41, 5.74) is 0.0113. The van der Waals surface area contributed by atoms with Crippen LogP contribution in [0.2, 0.25) is 5.15 Å². The van der Waals surface area contributed by atoms with Crippen LogP contribution in [-0.4, -0.2) is 23.0 Å². The average Bonchev–Trinajstić information content (AvgIpc) is 2.40. The smallest absolute Gasteiger partial charge is 0.311 e. The number of hydrogen-bond donors (Lipinski definition) is 0. The summed E-state index contributed by atoms with van der Waals surface area (Å²) in [5.74, 6) is 0.868. The van der Waals surface area contributed by atoms with Gasteiger partial charge in [-0.05, 0) is 18.9 Å². The molecule has 5 nitrogen and oxygen atoms in total. The third-order valence-electron chi connectivity index (χ3n) is 3.33. The molecule has 0 bridgehead atoms. The van der Waals surface area contributed by atoms with Crippen molar-refractivity contribution in [2.24, 2.45) is 5.92 Å². The van der Waals surface area contributed by atoms with E-state index in [1.807, 2.05) is 11.8 Å². The minimum absolute atomic E-state index is 0.0113. The summed E-state index contributed by atoms with van der Waals surface area (Å²) in [7, 11) is 0. The van der Waals surface area contributed by atoms with Crippen molar-refractivity contribution < 1.29 is 4.92 Å². The molecule has 0 atom stereocenters. The van der Waals surface area contributed by atoms with Crippen LogP contribution in [0.4, 0.5) is 11.5 Å². The molecule has 0 aliphatic heterocycles. The van der Waals surface area contributed by atoms with Gasteiger partial charge in [0.25, 0.3) is 0 Å². The van der Waals surface area contributed by atoms with Crippen molar-refractivity contribution in [3.05, 3.63) is 27.4 Å². The van der Waals surface area contributed by atoms with Gasteiger partial charge in [-0.1, -0.05) is 38.3 Å². The van der Waals surface area contributed by atoms with Gasteiger partial charge in [0, 0.05) is 19.2 Å². The van der Waals surface area contributed by atoms with Gasteiger partial charge in [-0.15, -0.1) is 0 Å². The Balaban J connectivity index is 3.09. The summed E-state index contributed by atoms with van der Waals surface area (Å²) in [6.07, 6.45) is 2.09. The number of pyridine rings is 1. The van der Waals surface area contributed by atoms with Crippen LogP contribution in [0.25, 0.3) is 0 Å². The first kappa shape index (κ1) is 15.7. The molecule has 0 aromatic carbocycles. The minimum atomic E-state index is -0.409. The summed E-state index contributed by atoms with van der Waals surface area (Å²) < 4.78 is 0. The second kappa shape index (κ2) is 7.28.